The van der Waals surface area contributed by atoms with Gasteiger partial charge in [0.05, 0.1) is 27.4 Å². The van der Waals surface area contributed by atoms with Crippen molar-refractivity contribution < 1.29 is 19.0 Å². The Morgan fingerprint density at radius 3 is 2.08 bits per heavy atom. The quantitative estimate of drug-likeness (QED) is 0.917. The molecular formula is C19H21NO4. The van der Waals surface area contributed by atoms with Gasteiger partial charge < -0.3 is 19.5 Å². The van der Waals surface area contributed by atoms with Crippen molar-refractivity contribution in [3.63, 3.8) is 0 Å². The number of ether oxygens (including phenoxy) is 3. The summed E-state index contributed by atoms with van der Waals surface area (Å²) in [6.45, 7) is 0. The van der Waals surface area contributed by atoms with Crippen molar-refractivity contribution in [3.05, 3.63) is 53.6 Å². The number of benzene rings is 2. The summed E-state index contributed by atoms with van der Waals surface area (Å²) < 4.78 is 16.2. The normalized spacial score (nSPS) is 19.7. The monoisotopic (exact) mass is 327 g/mol. The molecule has 1 heterocycles. The van der Waals surface area contributed by atoms with Crippen LogP contribution >= 0.6 is 0 Å². The van der Waals surface area contributed by atoms with Gasteiger partial charge in [-0.2, -0.15) is 0 Å². The molecule has 2 atom stereocenters. The number of hydrogen-bond acceptors (Lipinski definition) is 4. The predicted octanol–water partition coefficient (Wildman–Crippen LogP) is 3.06. The number of nitrogens with one attached hydrogen (secondary N) is 1. The van der Waals surface area contributed by atoms with Crippen LogP contribution in [0.5, 0.6) is 17.2 Å². The Morgan fingerprint density at radius 2 is 1.54 bits per heavy atom. The first-order chi connectivity index (χ1) is 11.7. The van der Waals surface area contributed by atoms with E-state index in [0.29, 0.717) is 23.7 Å². The topological polar surface area (TPSA) is 56.8 Å². The summed E-state index contributed by atoms with van der Waals surface area (Å²) in [5.74, 6) is 1.83. The summed E-state index contributed by atoms with van der Waals surface area (Å²) in [5.41, 5.74) is 2.07. The minimum atomic E-state index is -0.131. The first-order valence-corrected chi connectivity index (χ1v) is 7.82. The van der Waals surface area contributed by atoms with Gasteiger partial charge in [-0.3, -0.25) is 4.79 Å². The summed E-state index contributed by atoms with van der Waals surface area (Å²) in [7, 11) is 4.75. The molecule has 1 saturated heterocycles. The average molecular weight is 327 g/mol. The largest absolute Gasteiger partial charge is 0.493 e. The van der Waals surface area contributed by atoms with Crippen molar-refractivity contribution in [1.82, 2.24) is 5.32 Å². The maximum Gasteiger partial charge on any atom is 0.221 e. The zero-order valence-corrected chi connectivity index (χ0v) is 14.0. The van der Waals surface area contributed by atoms with Gasteiger partial charge in [0.2, 0.25) is 11.7 Å². The molecule has 3 rings (SSSR count). The van der Waals surface area contributed by atoms with Crippen molar-refractivity contribution in [3.8, 4) is 17.2 Å². The summed E-state index contributed by atoms with van der Waals surface area (Å²) in [6, 6.07) is 13.7. The van der Waals surface area contributed by atoms with E-state index in [9.17, 15) is 4.79 Å². The van der Waals surface area contributed by atoms with E-state index in [1.807, 2.05) is 30.3 Å². The zero-order valence-electron chi connectivity index (χ0n) is 14.0. The molecule has 0 unspecified atom stereocenters. The van der Waals surface area contributed by atoms with E-state index in [1.165, 1.54) is 0 Å². The van der Waals surface area contributed by atoms with Crippen molar-refractivity contribution in [2.45, 2.75) is 18.4 Å². The van der Waals surface area contributed by atoms with Crippen molar-refractivity contribution in [1.29, 1.82) is 0 Å². The Labute approximate surface area is 141 Å². The summed E-state index contributed by atoms with van der Waals surface area (Å²) in [4.78, 5) is 12.0. The number of hydrogen-bond donors (Lipinski definition) is 1. The van der Waals surface area contributed by atoms with Gasteiger partial charge >= 0.3 is 0 Å². The van der Waals surface area contributed by atoms with Crippen LogP contribution in [0.4, 0.5) is 0 Å². The molecule has 0 spiro atoms. The third-order valence-corrected chi connectivity index (χ3v) is 4.40. The van der Waals surface area contributed by atoms with Crippen LogP contribution < -0.4 is 19.5 Å². The Morgan fingerprint density at radius 1 is 0.917 bits per heavy atom. The molecule has 5 nitrogen and oxygen atoms in total. The second-order valence-corrected chi connectivity index (χ2v) is 5.73. The molecule has 1 amide bonds. The number of carbonyl (C=O) groups is 1. The van der Waals surface area contributed by atoms with Crippen LogP contribution in [0.2, 0.25) is 0 Å². The van der Waals surface area contributed by atoms with Gasteiger partial charge in [-0.05, 0) is 23.3 Å². The highest BCUT2D eigenvalue weighted by Gasteiger charge is 2.35. The molecule has 5 heteroatoms. The summed E-state index contributed by atoms with van der Waals surface area (Å²) >= 11 is 0. The molecule has 1 fully saturated rings. The first kappa shape index (κ1) is 16.2. The highest BCUT2D eigenvalue weighted by Crippen LogP contribution is 2.44. The fourth-order valence-electron chi connectivity index (χ4n) is 3.26. The minimum Gasteiger partial charge on any atom is -0.493 e. The second-order valence-electron chi connectivity index (χ2n) is 5.73. The van der Waals surface area contributed by atoms with E-state index < -0.39 is 0 Å². The molecule has 2 aromatic carbocycles. The average Bonchev–Trinajstić information content (AvgIpc) is 3.03. The second kappa shape index (κ2) is 6.83. The predicted molar refractivity (Wildman–Crippen MR) is 90.8 cm³/mol. The summed E-state index contributed by atoms with van der Waals surface area (Å²) in [6.07, 6.45) is 0.464. The van der Waals surface area contributed by atoms with Gasteiger partial charge in [0.25, 0.3) is 0 Å². The van der Waals surface area contributed by atoms with E-state index in [1.54, 1.807) is 21.3 Å². The fourth-order valence-corrected chi connectivity index (χ4v) is 3.26. The zero-order chi connectivity index (χ0) is 17.1. The number of amides is 1. The van der Waals surface area contributed by atoms with Crippen LogP contribution in [0.3, 0.4) is 0 Å². The van der Waals surface area contributed by atoms with E-state index >= 15 is 0 Å². The lowest BCUT2D eigenvalue weighted by molar-refractivity contribution is -0.119. The number of rotatable bonds is 5. The van der Waals surface area contributed by atoms with Gasteiger partial charge in [0.15, 0.2) is 11.5 Å². The van der Waals surface area contributed by atoms with Crippen molar-refractivity contribution in [2.24, 2.45) is 0 Å². The molecule has 2 aromatic rings. The van der Waals surface area contributed by atoms with E-state index in [2.05, 4.69) is 17.4 Å². The molecule has 24 heavy (non-hydrogen) atoms. The lowest BCUT2D eigenvalue weighted by atomic mass is 9.87. The standard InChI is InChI=1S/C19H21NO4/c1-22-15-9-13(10-16(23-2)19(15)24-3)18-14(11-17(21)20-18)12-7-5-4-6-8-12/h4-10,14,18H,11H2,1-3H3,(H,20,21)/t14-,18-/m0/s1. The Balaban J connectivity index is 2.04. The van der Waals surface area contributed by atoms with E-state index in [0.717, 1.165) is 11.1 Å². The molecular weight excluding hydrogens is 306 g/mol. The Hall–Kier alpha value is -2.69. The van der Waals surface area contributed by atoms with E-state index in [4.69, 9.17) is 14.2 Å². The third-order valence-electron chi connectivity index (χ3n) is 4.40. The molecule has 1 aliphatic rings. The van der Waals surface area contributed by atoms with Crippen LogP contribution in [-0.4, -0.2) is 27.2 Å². The molecule has 1 aliphatic heterocycles. The molecule has 0 radical (unpaired) electrons. The van der Waals surface area contributed by atoms with Gasteiger partial charge in [0.1, 0.15) is 0 Å². The smallest absolute Gasteiger partial charge is 0.221 e. The molecule has 0 bridgehead atoms. The highest BCUT2D eigenvalue weighted by atomic mass is 16.5. The van der Waals surface area contributed by atoms with Crippen molar-refractivity contribution >= 4 is 5.91 Å². The maximum absolute atomic E-state index is 12.0. The summed E-state index contributed by atoms with van der Waals surface area (Å²) in [5, 5.41) is 3.07. The van der Waals surface area contributed by atoms with Gasteiger partial charge in [0, 0.05) is 12.3 Å². The number of carbonyl (C=O) groups excluding carboxylic acids is 1. The van der Waals surface area contributed by atoms with Crippen LogP contribution in [0.25, 0.3) is 0 Å². The fraction of sp³-hybridized carbons (Fsp3) is 0.316. The molecule has 0 aromatic heterocycles. The van der Waals surface area contributed by atoms with Crippen molar-refractivity contribution in [2.75, 3.05) is 21.3 Å². The van der Waals surface area contributed by atoms with Gasteiger partial charge in [-0.1, -0.05) is 30.3 Å². The van der Waals surface area contributed by atoms with Crippen LogP contribution in [0.15, 0.2) is 42.5 Å². The first-order valence-electron chi connectivity index (χ1n) is 7.82. The minimum absolute atomic E-state index is 0.0441. The third kappa shape index (κ3) is 2.89. The Bertz CT molecular complexity index is 704. The van der Waals surface area contributed by atoms with Crippen LogP contribution in [0.1, 0.15) is 29.5 Å². The lowest BCUT2D eigenvalue weighted by Gasteiger charge is -2.22. The molecule has 0 aliphatic carbocycles. The lowest BCUT2D eigenvalue weighted by Crippen LogP contribution is -2.20. The van der Waals surface area contributed by atoms with Crippen LogP contribution in [-0.2, 0) is 4.79 Å². The van der Waals surface area contributed by atoms with Gasteiger partial charge in [-0.25, -0.2) is 0 Å². The van der Waals surface area contributed by atoms with Gasteiger partial charge in [-0.15, -0.1) is 0 Å². The molecule has 0 saturated carbocycles. The molecule has 1 N–H and O–H groups in total. The highest BCUT2D eigenvalue weighted by molar-refractivity contribution is 5.81. The van der Waals surface area contributed by atoms with Crippen LogP contribution in [0, 0.1) is 0 Å². The molecule has 126 valence electrons. The SMILES string of the molecule is COc1cc([C@@H]2NC(=O)C[C@H]2c2ccccc2)cc(OC)c1OC. The van der Waals surface area contributed by atoms with E-state index in [-0.39, 0.29) is 17.9 Å². The Kier molecular flexibility index (Phi) is 4.60. The number of methoxy groups -OCH3 is 3. The maximum atomic E-state index is 12.0.